The van der Waals surface area contributed by atoms with Crippen LogP contribution < -0.4 is 5.32 Å². The summed E-state index contributed by atoms with van der Waals surface area (Å²) >= 11 is 0. The van der Waals surface area contributed by atoms with Gasteiger partial charge in [-0.15, -0.1) is 0 Å². The highest BCUT2D eigenvalue weighted by atomic mass is 14.9. The van der Waals surface area contributed by atoms with Crippen LogP contribution in [-0.2, 0) is 0 Å². The normalized spacial score (nSPS) is 25.5. The Morgan fingerprint density at radius 3 is 2.50 bits per heavy atom. The van der Waals surface area contributed by atoms with E-state index in [1.807, 2.05) is 0 Å². The quantitative estimate of drug-likeness (QED) is 0.641. The molecule has 82 valence electrons. The summed E-state index contributed by atoms with van der Waals surface area (Å²) in [7, 11) is 0. The summed E-state index contributed by atoms with van der Waals surface area (Å²) in [6.07, 6.45) is 11.9. The number of hydrogen-bond acceptors (Lipinski definition) is 1. The Morgan fingerprint density at radius 1 is 1.21 bits per heavy atom. The summed E-state index contributed by atoms with van der Waals surface area (Å²) < 4.78 is 0. The molecule has 0 amide bonds. The van der Waals surface area contributed by atoms with E-state index in [0.717, 1.165) is 11.3 Å². The molecule has 0 atom stereocenters. The summed E-state index contributed by atoms with van der Waals surface area (Å²) in [5.74, 6) is 1.08. The first kappa shape index (κ1) is 10.5. The van der Waals surface area contributed by atoms with Gasteiger partial charge >= 0.3 is 0 Å². The minimum atomic E-state index is 0.754. The minimum absolute atomic E-state index is 0.754. The van der Waals surface area contributed by atoms with Crippen molar-refractivity contribution in [3.05, 3.63) is 0 Å². The monoisotopic (exact) mass is 195 g/mol. The van der Waals surface area contributed by atoms with Gasteiger partial charge in [0.1, 0.15) is 0 Å². The molecule has 0 spiro atoms. The molecule has 2 aliphatic rings. The van der Waals surface area contributed by atoms with Gasteiger partial charge in [0.15, 0.2) is 0 Å². The van der Waals surface area contributed by atoms with E-state index >= 15 is 0 Å². The lowest BCUT2D eigenvalue weighted by Crippen LogP contribution is -2.26. The predicted molar refractivity (Wildman–Crippen MR) is 61.4 cm³/mol. The van der Waals surface area contributed by atoms with E-state index in [-0.39, 0.29) is 0 Å². The van der Waals surface area contributed by atoms with E-state index in [1.54, 1.807) is 0 Å². The van der Waals surface area contributed by atoms with Crippen molar-refractivity contribution in [1.82, 2.24) is 5.32 Å². The summed E-state index contributed by atoms with van der Waals surface area (Å²) in [5.41, 5.74) is 0.754. The van der Waals surface area contributed by atoms with Crippen LogP contribution in [0.15, 0.2) is 0 Å². The molecular formula is C13H25N. The van der Waals surface area contributed by atoms with Gasteiger partial charge in [0.05, 0.1) is 0 Å². The van der Waals surface area contributed by atoms with Crippen molar-refractivity contribution >= 4 is 0 Å². The maximum atomic E-state index is 3.61. The summed E-state index contributed by atoms with van der Waals surface area (Å²) in [6, 6.07) is 0. The molecule has 1 heteroatoms. The van der Waals surface area contributed by atoms with Crippen LogP contribution in [0.1, 0.15) is 58.3 Å². The molecule has 2 fully saturated rings. The zero-order chi connectivity index (χ0) is 9.86. The zero-order valence-electron chi connectivity index (χ0n) is 9.65. The van der Waals surface area contributed by atoms with Crippen LogP contribution in [-0.4, -0.2) is 13.1 Å². The molecule has 0 unspecified atom stereocenters. The van der Waals surface area contributed by atoms with Crippen molar-refractivity contribution in [2.45, 2.75) is 58.3 Å². The summed E-state index contributed by atoms with van der Waals surface area (Å²) in [5, 5.41) is 3.61. The molecule has 0 aliphatic heterocycles. The molecule has 0 heterocycles. The number of hydrogen-bond donors (Lipinski definition) is 1. The largest absolute Gasteiger partial charge is 0.316 e. The lowest BCUT2D eigenvalue weighted by Gasteiger charge is -2.19. The Balaban J connectivity index is 1.67. The van der Waals surface area contributed by atoms with Gasteiger partial charge in [0, 0.05) is 6.54 Å². The lowest BCUT2D eigenvalue weighted by atomic mass is 9.90. The van der Waals surface area contributed by atoms with Crippen LogP contribution in [0.3, 0.4) is 0 Å². The van der Waals surface area contributed by atoms with Gasteiger partial charge in [-0.3, -0.25) is 0 Å². The Morgan fingerprint density at radius 2 is 1.93 bits per heavy atom. The fourth-order valence-electron chi connectivity index (χ4n) is 2.99. The van der Waals surface area contributed by atoms with Crippen molar-refractivity contribution in [3.8, 4) is 0 Å². The third kappa shape index (κ3) is 2.73. The summed E-state index contributed by atoms with van der Waals surface area (Å²) in [6.45, 7) is 4.77. The molecule has 0 aromatic carbocycles. The molecule has 14 heavy (non-hydrogen) atoms. The molecule has 0 aromatic rings. The van der Waals surface area contributed by atoms with Crippen molar-refractivity contribution in [2.24, 2.45) is 11.3 Å². The SMILES string of the molecule is CCCNCC1(CC2CCCC2)CC1. The Labute approximate surface area is 88.7 Å². The van der Waals surface area contributed by atoms with E-state index in [9.17, 15) is 0 Å². The van der Waals surface area contributed by atoms with Crippen molar-refractivity contribution in [1.29, 1.82) is 0 Å². The van der Waals surface area contributed by atoms with Crippen molar-refractivity contribution in [2.75, 3.05) is 13.1 Å². The summed E-state index contributed by atoms with van der Waals surface area (Å²) in [4.78, 5) is 0. The minimum Gasteiger partial charge on any atom is -0.316 e. The topological polar surface area (TPSA) is 12.0 Å². The molecule has 1 nitrogen and oxygen atoms in total. The second-order valence-electron chi connectivity index (χ2n) is 5.53. The smallest absolute Gasteiger partial charge is 0.000791 e. The van der Waals surface area contributed by atoms with Crippen molar-refractivity contribution < 1.29 is 0 Å². The van der Waals surface area contributed by atoms with E-state index in [4.69, 9.17) is 0 Å². The number of rotatable bonds is 6. The lowest BCUT2D eigenvalue weighted by molar-refractivity contribution is 0.340. The second-order valence-corrected chi connectivity index (χ2v) is 5.53. The standard InChI is InChI=1S/C13H25N/c1-2-9-14-11-13(7-8-13)10-12-5-3-4-6-12/h12,14H,2-11H2,1H3. The van der Waals surface area contributed by atoms with E-state index in [2.05, 4.69) is 12.2 Å². The molecule has 0 aromatic heterocycles. The molecule has 2 rings (SSSR count). The zero-order valence-corrected chi connectivity index (χ0v) is 9.65. The molecule has 2 aliphatic carbocycles. The molecular weight excluding hydrogens is 170 g/mol. The molecule has 0 radical (unpaired) electrons. The fraction of sp³-hybridized carbons (Fsp3) is 1.00. The van der Waals surface area contributed by atoms with Crippen molar-refractivity contribution in [3.63, 3.8) is 0 Å². The van der Waals surface area contributed by atoms with Gasteiger partial charge in [-0.2, -0.15) is 0 Å². The Hall–Kier alpha value is -0.0400. The third-order valence-electron chi connectivity index (χ3n) is 4.08. The Kier molecular flexibility index (Phi) is 3.48. The second kappa shape index (κ2) is 4.65. The number of nitrogens with one attached hydrogen (secondary N) is 1. The molecule has 1 N–H and O–H groups in total. The van der Waals surface area contributed by atoms with Crippen LogP contribution in [0.5, 0.6) is 0 Å². The first-order valence-corrected chi connectivity index (χ1v) is 6.55. The van der Waals surface area contributed by atoms with E-state index in [0.29, 0.717) is 0 Å². The molecule has 2 saturated carbocycles. The first-order valence-electron chi connectivity index (χ1n) is 6.55. The average Bonchev–Trinajstić information content (AvgIpc) is 2.75. The van der Waals surface area contributed by atoms with E-state index < -0.39 is 0 Å². The van der Waals surface area contributed by atoms with E-state index in [1.165, 1.54) is 64.5 Å². The highest BCUT2D eigenvalue weighted by Gasteiger charge is 2.43. The molecule has 0 saturated heterocycles. The highest BCUT2D eigenvalue weighted by molar-refractivity contribution is 4.96. The van der Waals surface area contributed by atoms with Crippen LogP contribution in [0.2, 0.25) is 0 Å². The molecule has 0 bridgehead atoms. The van der Waals surface area contributed by atoms with Gasteiger partial charge in [-0.1, -0.05) is 32.6 Å². The van der Waals surface area contributed by atoms with Gasteiger partial charge < -0.3 is 5.32 Å². The van der Waals surface area contributed by atoms with Crippen LogP contribution in [0.4, 0.5) is 0 Å². The predicted octanol–water partition coefficient (Wildman–Crippen LogP) is 3.35. The van der Waals surface area contributed by atoms with Gasteiger partial charge in [-0.05, 0) is 43.6 Å². The first-order chi connectivity index (χ1) is 6.85. The van der Waals surface area contributed by atoms with Crippen LogP contribution >= 0.6 is 0 Å². The van der Waals surface area contributed by atoms with Crippen LogP contribution in [0.25, 0.3) is 0 Å². The average molecular weight is 195 g/mol. The highest BCUT2D eigenvalue weighted by Crippen LogP contribution is 2.52. The van der Waals surface area contributed by atoms with Gasteiger partial charge in [0.2, 0.25) is 0 Å². The Bertz CT molecular complexity index is 166. The fourth-order valence-corrected chi connectivity index (χ4v) is 2.99. The van der Waals surface area contributed by atoms with Crippen LogP contribution in [0, 0.1) is 11.3 Å². The van der Waals surface area contributed by atoms with Gasteiger partial charge in [-0.25, -0.2) is 0 Å². The van der Waals surface area contributed by atoms with Gasteiger partial charge in [0.25, 0.3) is 0 Å². The third-order valence-corrected chi connectivity index (χ3v) is 4.08. The maximum absolute atomic E-state index is 3.61. The maximum Gasteiger partial charge on any atom is 0.000791 e.